The van der Waals surface area contributed by atoms with Crippen molar-refractivity contribution in [2.45, 2.75) is 37.6 Å². The van der Waals surface area contributed by atoms with Gasteiger partial charge in [-0.2, -0.15) is 4.31 Å². The number of hydrogen-bond acceptors (Lipinski definition) is 7. The number of thiazole rings is 1. The van der Waals surface area contributed by atoms with E-state index in [4.69, 9.17) is 14.5 Å². The molecule has 1 aromatic heterocycles. The maximum Gasteiger partial charge on any atom is 0.243 e. The van der Waals surface area contributed by atoms with Crippen LogP contribution in [0.4, 0.5) is 5.69 Å². The highest BCUT2D eigenvalue weighted by Gasteiger charge is 2.29. The van der Waals surface area contributed by atoms with Crippen LogP contribution in [0.2, 0.25) is 0 Å². The summed E-state index contributed by atoms with van der Waals surface area (Å²) in [6.07, 6.45) is 2.76. The summed E-state index contributed by atoms with van der Waals surface area (Å²) in [5.41, 5.74) is 4.19. The van der Waals surface area contributed by atoms with Crippen LogP contribution in [-0.4, -0.2) is 74.7 Å². The van der Waals surface area contributed by atoms with Crippen molar-refractivity contribution >= 4 is 27.0 Å². The Morgan fingerprint density at radius 2 is 1.60 bits per heavy atom. The topological polar surface area (TPSA) is 76.4 Å². The van der Waals surface area contributed by atoms with Gasteiger partial charge in [-0.1, -0.05) is 42.5 Å². The molecule has 0 N–H and O–H groups in total. The van der Waals surface area contributed by atoms with E-state index in [1.54, 1.807) is 27.8 Å². The Morgan fingerprint density at radius 1 is 0.889 bits per heavy atom. The maximum absolute atomic E-state index is 13.6. The van der Waals surface area contributed by atoms with E-state index in [2.05, 4.69) is 39.1 Å². The van der Waals surface area contributed by atoms with Gasteiger partial charge >= 0.3 is 0 Å². The average Bonchev–Trinajstić information content (AvgIpc) is 3.48. The first-order valence-electron chi connectivity index (χ1n) is 15.9. The molecule has 8 nitrogen and oxygen atoms in total. The normalized spacial score (nSPS) is 17.5. The van der Waals surface area contributed by atoms with E-state index in [1.165, 1.54) is 5.56 Å². The zero-order chi connectivity index (χ0) is 31.1. The molecule has 4 aromatic rings. The predicted octanol–water partition coefficient (Wildman–Crippen LogP) is 5.82. The average molecular weight is 647 g/mol. The molecule has 0 spiro atoms. The van der Waals surface area contributed by atoms with Crippen LogP contribution in [-0.2, 0) is 27.7 Å². The lowest BCUT2D eigenvalue weighted by molar-refractivity contribution is 0.0363. The molecule has 238 valence electrons. The zero-order valence-corrected chi connectivity index (χ0v) is 27.5. The van der Waals surface area contributed by atoms with Gasteiger partial charge in [-0.05, 0) is 79.6 Å². The first kappa shape index (κ1) is 31.7. The summed E-state index contributed by atoms with van der Waals surface area (Å²) in [4.78, 5) is 8.65. The molecule has 0 bridgehead atoms. The minimum atomic E-state index is -3.55. The first-order valence-corrected chi connectivity index (χ1v) is 18.2. The van der Waals surface area contributed by atoms with Gasteiger partial charge < -0.3 is 14.0 Å². The first-order chi connectivity index (χ1) is 22.0. The molecule has 2 saturated heterocycles. The summed E-state index contributed by atoms with van der Waals surface area (Å²) in [6, 6.07) is 25.7. The van der Waals surface area contributed by atoms with Crippen molar-refractivity contribution in [2.75, 3.05) is 52.5 Å². The molecule has 2 aliphatic rings. The van der Waals surface area contributed by atoms with Gasteiger partial charge in [0, 0.05) is 44.6 Å². The van der Waals surface area contributed by atoms with E-state index < -0.39 is 10.0 Å². The van der Waals surface area contributed by atoms with Crippen LogP contribution in [0.5, 0.6) is 5.75 Å². The van der Waals surface area contributed by atoms with Crippen molar-refractivity contribution in [3.8, 4) is 17.0 Å². The van der Waals surface area contributed by atoms with Gasteiger partial charge in [0.15, 0.2) is 4.80 Å². The van der Waals surface area contributed by atoms with Crippen LogP contribution in [0.25, 0.3) is 11.3 Å². The number of morpholine rings is 1. The van der Waals surface area contributed by atoms with Crippen LogP contribution in [0.15, 0.2) is 94.1 Å². The lowest BCUT2D eigenvalue weighted by atomic mass is 9.91. The highest BCUT2D eigenvalue weighted by atomic mass is 32.2. The van der Waals surface area contributed by atoms with Crippen molar-refractivity contribution in [3.63, 3.8) is 0 Å². The Morgan fingerprint density at radius 3 is 2.29 bits per heavy atom. The molecule has 0 saturated carbocycles. The molecule has 3 aromatic carbocycles. The molecule has 3 heterocycles. The molecule has 2 aliphatic heterocycles. The van der Waals surface area contributed by atoms with Gasteiger partial charge in [-0.25, -0.2) is 13.4 Å². The number of sulfonamides is 1. The quantitative estimate of drug-likeness (QED) is 0.205. The van der Waals surface area contributed by atoms with Crippen molar-refractivity contribution in [1.29, 1.82) is 0 Å². The monoisotopic (exact) mass is 646 g/mol. The van der Waals surface area contributed by atoms with Gasteiger partial charge in [-0.3, -0.25) is 4.90 Å². The molecular formula is C35H42N4O4S2. The number of piperidine rings is 1. The predicted molar refractivity (Wildman–Crippen MR) is 179 cm³/mol. The third-order valence-electron chi connectivity index (χ3n) is 8.64. The van der Waals surface area contributed by atoms with Crippen LogP contribution >= 0.6 is 11.3 Å². The fourth-order valence-corrected chi connectivity index (χ4v) is 8.50. The second-order valence-corrected chi connectivity index (χ2v) is 14.4. The van der Waals surface area contributed by atoms with Crippen LogP contribution in [0, 0.1) is 5.92 Å². The summed E-state index contributed by atoms with van der Waals surface area (Å²) in [7, 11) is -3.55. The lowest BCUT2D eigenvalue weighted by Crippen LogP contribution is -2.39. The fraction of sp³-hybridized carbons (Fsp3) is 0.400. The van der Waals surface area contributed by atoms with Gasteiger partial charge in [0.1, 0.15) is 5.75 Å². The number of hydrogen-bond donors (Lipinski definition) is 0. The summed E-state index contributed by atoms with van der Waals surface area (Å²) in [5.74, 6) is 1.34. The van der Waals surface area contributed by atoms with E-state index >= 15 is 0 Å². The Labute approximate surface area is 270 Å². The zero-order valence-electron chi connectivity index (χ0n) is 25.9. The standard InChI is InChI=1S/C35H42N4O4S2/c1-2-43-32-12-10-31(11-13-32)36-35-39(21-20-37-22-24-42-25-23-37)34(27-44-35)30-8-14-33(15-9-30)45(40,41)38-18-16-29(17-19-38)26-28-6-4-3-5-7-28/h3-15,27,29H,2,16-26H2,1H3. The smallest absolute Gasteiger partial charge is 0.243 e. The van der Waals surface area contributed by atoms with Gasteiger partial charge in [0.2, 0.25) is 10.0 Å². The number of benzene rings is 3. The van der Waals surface area contributed by atoms with Crippen molar-refractivity contribution in [3.05, 3.63) is 94.6 Å². The van der Waals surface area contributed by atoms with E-state index in [1.807, 2.05) is 49.4 Å². The maximum atomic E-state index is 13.6. The van der Waals surface area contributed by atoms with Gasteiger partial charge in [0.25, 0.3) is 0 Å². The highest BCUT2D eigenvalue weighted by molar-refractivity contribution is 7.89. The summed E-state index contributed by atoms with van der Waals surface area (Å²) in [6.45, 7) is 8.72. The fourth-order valence-electron chi connectivity index (χ4n) is 6.07. The summed E-state index contributed by atoms with van der Waals surface area (Å²) in [5, 5.41) is 2.12. The Bertz CT molecular complexity index is 1690. The molecule has 0 unspecified atom stereocenters. The number of aromatic nitrogens is 1. The minimum Gasteiger partial charge on any atom is -0.494 e. The Balaban J connectivity index is 1.19. The Hall–Kier alpha value is -3.28. The molecule has 2 fully saturated rings. The molecule has 0 amide bonds. The highest BCUT2D eigenvalue weighted by Crippen LogP contribution is 2.28. The van der Waals surface area contributed by atoms with Crippen LogP contribution in [0.3, 0.4) is 0 Å². The van der Waals surface area contributed by atoms with Crippen molar-refractivity contribution in [1.82, 2.24) is 13.8 Å². The lowest BCUT2D eigenvalue weighted by Gasteiger charge is -2.31. The summed E-state index contributed by atoms with van der Waals surface area (Å²) >= 11 is 1.60. The SMILES string of the molecule is CCOc1ccc(N=c2scc(-c3ccc(S(=O)(=O)N4CCC(Cc5ccccc5)CC4)cc3)n2CCN2CCOCC2)cc1. The van der Waals surface area contributed by atoms with Gasteiger partial charge in [-0.15, -0.1) is 11.3 Å². The minimum absolute atomic E-state index is 0.349. The van der Waals surface area contributed by atoms with Crippen LogP contribution in [0.1, 0.15) is 25.3 Å². The molecule has 0 aliphatic carbocycles. The van der Waals surface area contributed by atoms with Gasteiger partial charge in [0.05, 0.1) is 36.1 Å². The van der Waals surface area contributed by atoms with Crippen LogP contribution < -0.4 is 9.54 Å². The second kappa shape index (κ2) is 14.9. The molecule has 10 heteroatoms. The number of nitrogens with zero attached hydrogens (tertiary/aromatic N) is 4. The number of ether oxygens (including phenoxy) is 2. The van der Waals surface area contributed by atoms with Crippen molar-refractivity contribution < 1.29 is 17.9 Å². The Kier molecular flexibility index (Phi) is 10.5. The van der Waals surface area contributed by atoms with Crippen molar-refractivity contribution in [2.24, 2.45) is 10.9 Å². The molecule has 0 atom stereocenters. The largest absolute Gasteiger partial charge is 0.494 e. The van der Waals surface area contributed by atoms with E-state index in [0.717, 1.165) is 86.2 Å². The molecule has 6 rings (SSSR count). The summed E-state index contributed by atoms with van der Waals surface area (Å²) < 4.78 is 42.2. The van der Waals surface area contributed by atoms with E-state index in [9.17, 15) is 8.42 Å². The molecule has 45 heavy (non-hydrogen) atoms. The third kappa shape index (κ3) is 7.93. The number of rotatable bonds is 11. The second-order valence-electron chi connectivity index (χ2n) is 11.6. The van der Waals surface area contributed by atoms with E-state index in [0.29, 0.717) is 30.5 Å². The molecular weight excluding hydrogens is 605 g/mol. The molecule has 0 radical (unpaired) electrons. The van der Waals surface area contributed by atoms with E-state index in [-0.39, 0.29) is 0 Å². The third-order valence-corrected chi connectivity index (χ3v) is 11.4.